The van der Waals surface area contributed by atoms with E-state index in [0.29, 0.717) is 15.7 Å². The molecule has 0 aliphatic rings. The molecule has 8 heteroatoms. The van der Waals surface area contributed by atoms with Gasteiger partial charge >= 0.3 is 0 Å². The van der Waals surface area contributed by atoms with Gasteiger partial charge in [-0.2, -0.15) is 0 Å². The van der Waals surface area contributed by atoms with E-state index in [1.54, 1.807) is 29.1 Å². The van der Waals surface area contributed by atoms with E-state index in [9.17, 15) is 4.79 Å². The van der Waals surface area contributed by atoms with Crippen molar-refractivity contribution < 1.29 is 14.0 Å². The number of nitrogens with one attached hydrogen (secondary N) is 1. The highest BCUT2D eigenvalue weighted by molar-refractivity contribution is 6.42. The van der Waals surface area contributed by atoms with Crippen LogP contribution in [0.1, 0.15) is 18.5 Å². The van der Waals surface area contributed by atoms with Crippen LogP contribution in [0.5, 0.6) is 0 Å². The van der Waals surface area contributed by atoms with Crippen LogP contribution in [0, 0.1) is 0 Å². The zero-order chi connectivity index (χ0) is 18.5. The van der Waals surface area contributed by atoms with Gasteiger partial charge in [0.1, 0.15) is 0 Å². The van der Waals surface area contributed by atoms with Crippen LogP contribution < -0.4 is 10.00 Å². The summed E-state index contributed by atoms with van der Waals surface area (Å²) in [6.45, 7) is 2.01. The predicted octanol–water partition coefficient (Wildman–Crippen LogP) is 5.31. The molecule has 6 nitrogen and oxygen atoms in total. The maximum absolute atomic E-state index is 12.0. The smallest absolute Gasteiger partial charge is 0.241 e. The molecule has 1 atom stereocenters. The molecule has 3 aromatic rings. The Hall–Kier alpha value is -2.57. The molecule has 1 heterocycles. The van der Waals surface area contributed by atoms with Crippen molar-refractivity contribution >= 4 is 40.8 Å². The normalized spacial score (nSPS) is 11.8. The van der Waals surface area contributed by atoms with Crippen LogP contribution in [-0.4, -0.2) is 11.3 Å². The van der Waals surface area contributed by atoms with Crippen LogP contribution in [0.15, 0.2) is 59.3 Å². The minimum atomic E-state index is -0.595. The Balaban J connectivity index is 1.58. The van der Waals surface area contributed by atoms with Gasteiger partial charge in [0.2, 0.25) is 12.1 Å². The predicted molar refractivity (Wildman–Crippen MR) is 100 cm³/mol. The van der Waals surface area contributed by atoms with Gasteiger partial charge in [0.05, 0.1) is 10.0 Å². The highest BCUT2D eigenvalue weighted by atomic mass is 35.5. The molecule has 2 aromatic carbocycles. The fourth-order valence-electron chi connectivity index (χ4n) is 2.38. The molecular formula is C18H16Cl2N4O2. The molecule has 26 heavy (non-hydrogen) atoms. The molecule has 0 aliphatic heterocycles. The second-order valence-electron chi connectivity index (χ2n) is 5.73. The van der Waals surface area contributed by atoms with Crippen molar-refractivity contribution in [3.8, 4) is 0 Å². The average molecular weight is 391 g/mol. The Bertz CT molecular complexity index is 899. The zero-order valence-corrected chi connectivity index (χ0v) is 15.4. The van der Waals surface area contributed by atoms with E-state index in [4.69, 9.17) is 27.7 Å². The first-order valence-electron chi connectivity index (χ1n) is 7.91. The molecule has 0 radical (unpaired) electrons. The van der Waals surface area contributed by atoms with Crippen molar-refractivity contribution in [1.29, 1.82) is 0 Å². The van der Waals surface area contributed by atoms with Gasteiger partial charge in [-0.05, 0) is 28.1 Å². The summed E-state index contributed by atoms with van der Waals surface area (Å²) in [6.07, 6.45) is 2.37. The van der Waals surface area contributed by atoms with Gasteiger partial charge in [-0.3, -0.25) is 4.79 Å². The van der Waals surface area contributed by atoms with Crippen molar-refractivity contribution in [2.45, 2.75) is 19.4 Å². The molecule has 0 saturated carbocycles. The lowest BCUT2D eigenvalue weighted by atomic mass is 10.1. The molecular weight excluding hydrogens is 375 g/mol. The van der Waals surface area contributed by atoms with Crippen LogP contribution in [0.25, 0.3) is 5.32 Å². The Morgan fingerprint density at radius 3 is 2.73 bits per heavy atom. The lowest BCUT2D eigenvalue weighted by molar-refractivity contribution is -0.782. The zero-order valence-electron chi connectivity index (χ0n) is 13.9. The quantitative estimate of drug-likeness (QED) is 0.599. The maximum atomic E-state index is 12.0. The highest BCUT2D eigenvalue weighted by Gasteiger charge is 2.19. The Morgan fingerprint density at radius 1 is 1.23 bits per heavy atom. The van der Waals surface area contributed by atoms with Crippen LogP contribution >= 0.6 is 23.2 Å². The topological polar surface area (TPSA) is 73.1 Å². The van der Waals surface area contributed by atoms with E-state index in [1.165, 1.54) is 5.56 Å². The number of benzene rings is 2. The minimum absolute atomic E-state index is 0.0585. The SMILES string of the molecule is CC(Cc1ccccc1)[n+]1cc([N-]C(=O)Nc2ccc(Cl)c(Cl)c2)on1. The van der Waals surface area contributed by atoms with Crippen molar-refractivity contribution in [3.05, 3.63) is 75.7 Å². The number of carbonyl (C=O) groups is 1. The fourth-order valence-corrected chi connectivity index (χ4v) is 2.68. The van der Waals surface area contributed by atoms with E-state index in [1.807, 2.05) is 37.3 Å². The maximum Gasteiger partial charge on any atom is 0.241 e. The first-order chi connectivity index (χ1) is 12.5. The van der Waals surface area contributed by atoms with Crippen molar-refractivity contribution in [3.63, 3.8) is 0 Å². The van der Waals surface area contributed by atoms with Gasteiger partial charge in [-0.25, -0.2) is 0 Å². The Morgan fingerprint density at radius 2 is 2.00 bits per heavy atom. The summed E-state index contributed by atoms with van der Waals surface area (Å²) in [5.74, 6) is 0.113. The van der Waals surface area contributed by atoms with Gasteiger partial charge in [0.15, 0.2) is 17.3 Å². The van der Waals surface area contributed by atoms with Crippen molar-refractivity contribution in [1.82, 2.24) is 5.27 Å². The summed E-state index contributed by atoms with van der Waals surface area (Å²) in [6, 6.07) is 14.3. The largest absolute Gasteiger partial charge is 0.424 e. The fraction of sp³-hybridized carbons (Fsp3) is 0.167. The Labute approximate surface area is 160 Å². The first kappa shape index (κ1) is 18.2. The summed E-state index contributed by atoms with van der Waals surface area (Å²) in [5.41, 5.74) is 1.67. The van der Waals surface area contributed by atoms with Crippen LogP contribution in [0.4, 0.5) is 16.4 Å². The lowest BCUT2D eigenvalue weighted by Gasteiger charge is -2.13. The third-order valence-corrected chi connectivity index (χ3v) is 4.42. The second kappa shape index (κ2) is 8.21. The lowest BCUT2D eigenvalue weighted by Crippen LogP contribution is -2.39. The third-order valence-electron chi connectivity index (χ3n) is 3.68. The average Bonchev–Trinajstić information content (AvgIpc) is 3.07. The number of aromatic nitrogens is 2. The van der Waals surface area contributed by atoms with Crippen molar-refractivity contribution in [2.75, 3.05) is 5.32 Å². The van der Waals surface area contributed by atoms with E-state index in [2.05, 4.69) is 15.9 Å². The number of nitrogens with zero attached hydrogens (tertiary/aromatic N) is 3. The summed E-state index contributed by atoms with van der Waals surface area (Å²) in [7, 11) is 0. The van der Waals surface area contributed by atoms with Gasteiger partial charge in [-0.1, -0.05) is 59.6 Å². The second-order valence-corrected chi connectivity index (χ2v) is 6.54. The number of hydrogen-bond acceptors (Lipinski definition) is 3. The monoisotopic (exact) mass is 390 g/mol. The molecule has 1 unspecified atom stereocenters. The summed E-state index contributed by atoms with van der Waals surface area (Å²) < 4.78 is 6.75. The van der Waals surface area contributed by atoms with Crippen LogP contribution in [-0.2, 0) is 6.42 Å². The molecule has 0 spiro atoms. The Kier molecular flexibility index (Phi) is 5.75. The number of halogens is 2. The van der Waals surface area contributed by atoms with Gasteiger partial charge in [-0.15, -0.1) is 0 Å². The van der Waals surface area contributed by atoms with Gasteiger partial charge < -0.3 is 15.2 Å². The molecule has 134 valence electrons. The summed E-state index contributed by atoms with van der Waals surface area (Å²) in [4.78, 5) is 12.0. The molecule has 3 rings (SSSR count). The molecule has 0 fully saturated rings. The molecule has 1 N–H and O–H groups in total. The summed E-state index contributed by atoms with van der Waals surface area (Å²) in [5, 5.41) is 11.1. The van der Waals surface area contributed by atoms with E-state index in [-0.39, 0.29) is 11.9 Å². The molecule has 0 saturated heterocycles. The minimum Gasteiger partial charge on any atom is -0.424 e. The number of urea groups is 1. The molecule has 0 bridgehead atoms. The number of anilines is 1. The number of rotatable bonds is 5. The van der Waals surface area contributed by atoms with Crippen LogP contribution in [0.2, 0.25) is 10.0 Å². The first-order valence-corrected chi connectivity index (χ1v) is 8.66. The number of amides is 2. The highest BCUT2D eigenvalue weighted by Crippen LogP contribution is 2.26. The molecule has 2 amide bonds. The third kappa shape index (κ3) is 4.74. The van der Waals surface area contributed by atoms with Crippen LogP contribution in [0.3, 0.4) is 0 Å². The van der Waals surface area contributed by atoms with E-state index >= 15 is 0 Å². The standard InChI is InChI=1S/C18H16Cl2N4O2/c1-12(9-13-5-3-2-4-6-13)24-11-17(26-23-24)22-18(25)21-14-7-8-15(19)16(20)10-14/h2-8,10-12H,9H2,1H3,(H-,21,22,23,25). The van der Waals surface area contributed by atoms with Gasteiger partial charge in [0.25, 0.3) is 0 Å². The summed E-state index contributed by atoms with van der Waals surface area (Å²) >= 11 is 11.8. The molecule has 0 aliphatic carbocycles. The number of hydrogen-bond donors (Lipinski definition) is 1. The van der Waals surface area contributed by atoms with Gasteiger partial charge in [0, 0.05) is 13.3 Å². The molecule has 1 aromatic heterocycles. The van der Waals surface area contributed by atoms with Crippen molar-refractivity contribution in [2.24, 2.45) is 0 Å². The van der Waals surface area contributed by atoms with E-state index in [0.717, 1.165) is 6.42 Å². The van der Waals surface area contributed by atoms with E-state index < -0.39 is 6.03 Å². The number of carbonyl (C=O) groups excluding carboxylic acids is 1.